The predicted molar refractivity (Wildman–Crippen MR) is 132 cm³/mol. The fraction of sp³-hybridized carbons (Fsp3) is 0.125. The highest BCUT2D eigenvalue weighted by Crippen LogP contribution is 2.29. The van der Waals surface area contributed by atoms with Crippen LogP contribution in [0, 0.1) is 6.92 Å². The lowest BCUT2D eigenvalue weighted by Crippen LogP contribution is -2.26. The number of benzene rings is 3. The smallest absolute Gasteiger partial charge is 0.266 e. The molecule has 8 heteroatoms. The molecule has 32 heavy (non-hydrogen) atoms. The van der Waals surface area contributed by atoms with Crippen molar-refractivity contribution in [2.24, 2.45) is 0 Å². The van der Waals surface area contributed by atoms with E-state index in [4.69, 9.17) is 28.2 Å². The Morgan fingerprint density at radius 2 is 1.81 bits per heavy atom. The molecule has 0 aliphatic heterocycles. The Bertz CT molecular complexity index is 1390. The van der Waals surface area contributed by atoms with Gasteiger partial charge in [0.15, 0.2) is 5.16 Å². The summed E-state index contributed by atoms with van der Waals surface area (Å²) in [5, 5.41) is 4.30. The van der Waals surface area contributed by atoms with E-state index in [1.807, 2.05) is 19.1 Å². The number of carbonyl (C=O) groups is 1. The number of halogens is 2. The summed E-state index contributed by atoms with van der Waals surface area (Å²) in [6.07, 6.45) is 0. The number of hydrogen-bond acceptors (Lipinski definition) is 4. The van der Waals surface area contributed by atoms with Crippen molar-refractivity contribution in [2.45, 2.75) is 24.3 Å². The van der Waals surface area contributed by atoms with Gasteiger partial charge < -0.3 is 5.32 Å². The molecule has 0 bridgehead atoms. The summed E-state index contributed by atoms with van der Waals surface area (Å²) in [6, 6.07) is 19.5. The summed E-state index contributed by atoms with van der Waals surface area (Å²) in [5.41, 5.74) is 2.34. The first kappa shape index (κ1) is 22.4. The Labute approximate surface area is 199 Å². The van der Waals surface area contributed by atoms with Crippen LogP contribution >= 0.6 is 35.0 Å². The van der Waals surface area contributed by atoms with Crippen molar-refractivity contribution in [3.63, 3.8) is 0 Å². The Morgan fingerprint density at radius 1 is 1.06 bits per heavy atom. The van der Waals surface area contributed by atoms with E-state index < -0.39 is 5.25 Å². The molecule has 5 nitrogen and oxygen atoms in total. The van der Waals surface area contributed by atoms with Gasteiger partial charge in [-0.25, -0.2) is 4.98 Å². The molecular weight excluding hydrogens is 465 g/mol. The van der Waals surface area contributed by atoms with Gasteiger partial charge in [-0.05, 0) is 61.9 Å². The summed E-state index contributed by atoms with van der Waals surface area (Å²) in [4.78, 5) is 31.0. The number of anilines is 1. The van der Waals surface area contributed by atoms with Crippen molar-refractivity contribution >= 4 is 57.5 Å². The van der Waals surface area contributed by atoms with E-state index in [-0.39, 0.29) is 11.5 Å². The number of nitrogens with one attached hydrogen (secondary N) is 1. The SMILES string of the molecule is Cc1c(Cl)cccc1-n1c(S[C@H](C)C(=O)Nc2cccc(Cl)c2)nc2ccccc2c1=O. The zero-order valence-electron chi connectivity index (χ0n) is 17.3. The van der Waals surface area contributed by atoms with Gasteiger partial charge in [-0.3, -0.25) is 14.2 Å². The van der Waals surface area contributed by atoms with E-state index in [0.717, 1.165) is 5.56 Å². The van der Waals surface area contributed by atoms with E-state index in [2.05, 4.69) is 5.32 Å². The van der Waals surface area contributed by atoms with E-state index in [9.17, 15) is 9.59 Å². The lowest BCUT2D eigenvalue weighted by atomic mass is 10.2. The number of nitrogens with zero attached hydrogens (tertiary/aromatic N) is 2. The summed E-state index contributed by atoms with van der Waals surface area (Å²) >= 11 is 13.5. The van der Waals surface area contributed by atoms with Gasteiger partial charge in [0.25, 0.3) is 5.56 Å². The van der Waals surface area contributed by atoms with Crippen molar-refractivity contribution in [1.82, 2.24) is 9.55 Å². The zero-order valence-corrected chi connectivity index (χ0v) is 19.6. The Kier molecular flexibility index (Phi) is 6.55. The van der Waals surface area contributed by atoms with Crippen LogP contribution in [0.25, 0.3) is 16.6 Å². The molecular formula is C24H19Cl2N3O2S. The zero-order chi connectivity index (χ0) is 22.8. The maximum absolute atomic E-state index is 13.4. The third kappa shape index (κ3) is 4.53. The third-order valence-corrected chi connectivity index (χ3v) is 6.67. The van der Waals surface area contributed by atoms with Gasteiger partial charge in [0.05, 0.1) is 21.8 Å². The second-order valence-electron chi connectivity index (χ2n) is 7.20. The van der Waals surface area contributed by atoms with E-state index in [1.165, 1.54) is 16.3 Å². The maximum Gasteiger partial charge on any atom is 0.266 e. The van der Waals surface area contributed by atoms with Gasteiger partial charge in [0, 0.05) is 15.7 Å². The minimum Gasteiger partial charge on any atom is -0.325 e. The minimum atomic E-state index is -0.534. The molecule has 1 atom stereocenters. The highest BCUT2D eigenvalue weighted by molar-refractivity contribution is 8.00. The number of fused-ring (bicyclic) bond motifs is 1. The van der Waals surface area contributed by atoms with Crippen molar-refractivity contribution < 1.29 is 4.79 Å². The average molecular weight is 484 g/mol. The molecule has 0 aliphatic carbocycles. The van der Waals surface area contributed by atoms with Crippen LogP contribution in [0.2, 0.25) is 10.0 Å². The van der Waals surface area contributed by atoms with Crippen LogP contribution in [-0.4, -0.2) is 20.7 Å². The molecule has 0 saturated carbocycles. The van der Waals surface area contributed by atoms with Crippen LogP contribution in [0.15, 0.2) is 76.7 Å². The summed E-state index contributed by atoms with van der Waals surface area (Å²) in [5.74, 6) is -0.228. The molecule has 1 heterocycles. The van der Waals surface area contributed by atoms with Crippen LogP contribution in [-0.2, 0) is 4.79 Å². The monoisotopic (exact) mass is 483 g/mol. The van der Waals surface area contributed by atoms with E-state index in [1.54, 1.807) is 61.5 Å². The molecule has 0 spiro atoms. The van der Waals surface area contributed by atoms with E-state index >= 15 is 0 Å². The molecule has 0 fully saturated rings. The summed E-state index contributed by atoms with van der Waals surface area (Å²) in [6.45, 7) is 3.62. The predicted octanol–water partition coefficient (Wildman–Crippen LogP) is 6.12. The van der Waals surface area contributed by atoms with Crippen molar-refractivity contribution in [2.75, 3.05) is 5.32 Å². The second kappa shape index (κ2) is 9.36. The number of thioether (sulfide) groups is 1. The maximum atomic E-state index is 13.4. The average Bonchev–Trinajstić information content (AvgIpc) is 2.76. The molecule has 4 rings (SSSR count). The minimum absolute atomic E-state index is 0.217. The molecule has 0 aliphatic rings. The van der Waals surface area contributed by atoms with Crippen molar-refractivity contribution in [3.8, 4) is 5.69 Å². The topological polar surface area (TPSA) is 64.0 Å². The molecule has 1 amide bonds. The normalized spacial score (nSPS) is 12.0. The fourth-order valence-corrected chi connectivity index (χ4v) is 4.54. The molecule has 0 unspecified atom stereocenters. The molecule has 162 valence electrons. The molecule has 3 aromatic carbocycles. The standard InChI is InChI=1S/C24H19Cl2N3O2S/c1-14-19(26)10-6-12-21(14)29-23(31)18-9-3-4-11-20(18)28-24(29)32-15(2)22(30)27-17-8-5-7-16(25)13-17/h3-13,15H,1-2H3,(H,27,30)/t15-/m1/s1. The molecule has 0 radical (unpaired) electrons. The quantitative estimate of drug-likeness (QED) is 0.274. The van der Waals surface area contributed by atoms with Crippen LogP contribution in [0.5, 0.6) is 0 Å². The first-order valence-electron chi connectivity index (χ1n) is 9.85. The Hall–Kier alpha value is -2.80. The molecule has 0 saturated heterocycles. The van der Waals surface area contributed by atoms with Crippen LogP contribution in [0.3, 0.4) is 0 Å². The van der Waals surface area contributed by atoms with Crippen LogP contribution in [0.4, 0.5) is 5.69 Å². The molecule has 4 aromatic rings. The van der Waals surface area contributed by atoms with Crippen molar-refractivity contribution in [3.05, 3.63) is 92.7 Å². The van der Waals surface area contributed by atoms with Crippen LogP contribution in [0.1, 0.15) is 12.5 Å². The number of aromatic nitrogens is 2. The Balaban J connectivity index is 1.76. The summed E-state index contributed by atoms with van der Waals surface area (Å²) < 4.78 is 1.53. The van der Waals surface area contributed by atoms with Gasteiger partial charge in [0.1, 0.15) is 0 Å². The fourth-order valence-electron chi connectivity index (χ4n) is 3.26. The van der Waals surface area contributed by atoms with Gasteiger partial charge >= 0.3 is 0 Å². The van der Waals surface area contributed by atoms with Crippen LogP contribution < -0.4 is 10.9 Å². The van der Waals surface area contributed by atoms with Gasteiger partial charge in [-0.1, -0.05) is 59.2 Å². The number of para-hydroxylation sites is 1. The first-order valence-corrected chi connectivity index (χ1v) is 11.5. The lowest BCUT2D eigenvalue weighted by molar-refractivity contribution is -0.115. The highest BCUT2D eigenvalue weighted by atomic mass is 35.5. The number of carbonyl (C=O) groups excluding carboxylic acids is 1. The van der Waals surface area contributed by atoms with Gasteiger partial charge in [0.2, 0.25) is 5.91 Å². The lowest BCUT2D eigenvalue weighted by Gasteiger charge is -2.18. The summed E-state index contributed by atoms with van der Waals surface area (Å²) in [7, 11) is 0. The number of rotatable bonds is 5. The number of hydrogen-bond donors (Lipinski definition) is 1. The number of amides is 1. The van der Waals surface area contributed by atoms with Gasteiger partial charge in [-0.2, -0.15) is 0 Å². The molecule has 1 N–H and O–H groups in total. The highest BCUT2D eigenvalue weighted by Gasteiger charge is 2.21. The van der Waals surface area contributed by atoms with Gasteiger partial charge in [-0.15, -0.1) is 0 Å². The molecule has 1 aromatic heterocycles. The Morgan fingerprint density at radius 3 is 2.59 bits per heavy atom. The second-order valence-corrected chi connectivity index (χ2v) is 9.35. The first-order chi connectivity index (χ1) is 15.3. The van der Waals surface area contributed by atoms with Crippen molar-refractivity contribution in [1.29, 1.82) is 0 Å². The largest absolute Gasteiger partial charge is 0.325 e. The third-order valence-electron chi connectivity index (χ3n) is 4.97. The van der Waals surface area contributed by atoms with E-state index in [0.29, 0.717) is 37.5 Å².